The molecule has 8 N–H and O–H groups in total. The van der Waals surface area contributed by atoms with Crippen LogP contribution in [0, 0.1) is 5.41 Å². The summed E-state index contributed by atoms with van der Waals surface area (Å²) in [5, 5.41) is 24.6. The Morgan fingerprint density at radius 1 is 0.531 bits per heavy atom. The number of nitrogen functional groups attached to an aromatic ring is 2. The van der Waals surface area contributed by atoms with Crippen LogP contribution >= 0.6 is 0 Å². The third kappa shape index (κ3) is 11.2. The van der Waals surface area contributed by atoms with Gasteiger partial charge in [-0.25, -0.2) is 25.8 Å². The highest BCUT2D eigenvalue weighted by molar-refractivity contribution is 6.03. The lowest BCUT2D eigenvalue weighted by Gasteiger charge is -2.41. The molecule has 13 aromatic rings. The van der Waals surface area contributed by atoms with Gasteiger partial charge in [-0.15, -0.1) is 5.10 Å². The van der Waals surface area contributed by atoms with Gasteiger partial charge in [-0.1, -0.05) is 55.0 Å². The van der Waals surface area contributed by atoms with Crippen molar-refractivity contribution in [3.05, 3.63) is 198 Å². The van der Waals surface area contributed by atoms with Crippen molar-refractivity contribution in [1.29, 1.82) is 5.41 Å². The number of nitrogens with two attached hydrogens (primary N) is 2. The highest BCUT2D eigenvalue weighted by Crippen LogP contribution is 2.48. The van der Waals surface area contributed by atoms with E-state index in [1.807, 2.05) is 104 Å². The SMILES string of the molecule is Cn1c(C2(NC(=O)c3ccc4c(C5CCCC5)c(-c5ccccn5)n(C)c4c3)CCC2)nc2ccc(-c3nnc(N)o3)cc21.Cn1c(C2(NC(=O)c3ccc4c(C5CCCC5)c(-c5ccccn5)n(C)c4c3)CCC2)nc2ccc(C(=O)NN)cc21.N=C(n1ccnc1)n1ccnc1. The summed E-state index contributed by atoms with van der Waals surface area (Å²) in [4.78, 5) is 66.9. The second-order valence-corrected chi connectivity index (χ2v) is 26.4. The molecule has 4 aliphatic rings. The van der Waals surface area contributed by atoms with Gasteiger partial charge in [0.2, 0.25) is 11.9 Å². The first kappa shape index (κ1) is 62.7. The van der Waals surface area contributed by atoms with Gasteiger partial charge in [-0.2, -0.15) is 0 Å². The fourth-order valence-corrected chi connectivity index (χ4v) is 15.4. The van der Waals surface area contributed by atoms with Gasteiger partial charge in [0.05, 0.1) is 55.9 Å². The van der Waals surface area contributed by atoms with Crippen molar-refractivity contribution in [3.63, 3.8) is 0 Å². The Hall–Kier alpha value is -11.4. The van der Waals surface area contributed by atoms with Gasteiger partial charge in [-0.3, -0.25) is 44.3 Å². The first-order valence-electron chi connectivity index (χ1n) is 33.5. The van der Waals surface area contributed by atoms with Crippen molar-refractivity contribution in [2.75, 3.05) is 5.73 Å². The van der Waals surface area contributed by atoms with Gasteiger partial charge in [-0.05, 0) is 172 Å². The maximum atomic E-state index is 14.0. The number of carbonyl (C=O) groups excluding carboxylic acids is 3. The van der Waals surface area contributed by atoms with E-state index in [9.17, 15) is 14.4 Å². The Morgan fingerprint density at radius 3 is 1.41 bits per heavy atom. The number of hydrogen-bond donors (Lipinski definition) is 6. The summed E-state index contributed by atoms with van der Waals surface area (Å²) in [7, 11) is 8.10. The molecule has 0 unspecified atom stereocenters. The molecule has 4 saturated carbocycles. The fraction of sp³-hybridized carbons (Fsp3) is 0.297. The number of hydrazine groups is 1. The summed E-state index contributed by atoms with van der Waals surface area (Å²) in [6, 6.07) is 35.5. The van der Waals surface area contributed by atoms with Crippen LogP contribution in [0.4, 0.5) is 6.01 Å². The topological polar surface area (TPSA) is 309 Å². The number of imidazole rings is 4. The van der Waals surface area contributed by atoms with Crippen molar-refractivity contribution in [2.45, 2.75) is 113 Å². The number of amides is 3. The van der Waals surface area contributed by atoms with Gasteiger partial charge < -0.3 is 39.1 Å². The zero-order chi connectivity index (χ0) is 67.4. The number of pyridine rings is 2. The number of benzene rings is 4. The monoisotopic (exact) mass is 1310 g/mol. The summed E-state index contributed by atoms with van der Waals surface area (Å²) in [6.07, 6.45) is 28.5. The molecule has 24 nitrogen and oxygen atoms in total. The summed E-state index contributed by atoms with van der Waals surface area (Å²) in [5.74, 6) is 8.08. The van der Waals surface area contributed by atoms with E-state index < -0.39 is 11.1 Å². The van der Waals surface area contributed by atoms with Gasteiger partial charge >= 0.3 is 6.01 Å². The third-order valence-electron chi connectivity index (χ3n) is 20.7. The molecule has 24 heteroatoms. The standard InChI is InChI=1S/C34H34N8O2.C33H35N7O2.C7H7N5/c1-41-26-18-21(11-13-23(26)28(20-8-3-4-9-20)29(41)25-10-5-6-17-36-25)30(43)38-34(15-7-16-34)32-37-24-14-12-22(19-27(24)42(32)2)31-39-40-33(35)44-31;1-39-26-18-21(11-13-23(26)28(20-8-3-4-9-20)29(39)25-10-5-6-17-35-25)30(41)37-33(15-7-16-33)32-36-24-14-12-22(31(42)38-34)19-27(24)40(32)2;8-7(11-3-1-9-5-11)12-4-2-10-6-12/h5-6,10-14,17-20H,3-4,7-9,15-16H2,1-2H3,(H2,35,40)(H,38,43);5-6,10-14,17-20H,3-4,7-9,15-16,34H2,1-2H3,(H,37,41)(H,38,42);1-6,8H. The first-order valence-corrected chi connectivity index (χ1v) is 33.5. The molecule has 0 saturated heterocycles. The van der Waals surface area contributed by atoms with Crippen LogP contribution in [0.2, 0.25) is 0 Å². The molecule has 0 aliphatic heterocycles. The van der Waals surface area contributed by atoms with Crippen molar-refractivity contribution in [3.8, 4) is 34.2 Å². The van der Waals surface area contributed by atoms with Crippen LogP contribution in [-0.4, -0.2) is 91.2 Å². The zero-order valence-electron chi connectivity index (χ0n) is 55.1. The largest absolute Gasteiger partial charge is 0.404 e. The molecule has 496 valence electrons. The molecule has 0 radical (unpaired) electrons. The Balaban J connectivity index is 0.000000137. The number of anilines is 1. The first-order chi connectivity index (χ1) is 47.7. The lowest BCUT2D eigenvalue weighted by molar-refractivity contribution is 0.0797. The predicted molar refractivity (Wildman–Crippen MR) is 374 cm³/mol. The lowest BCUT2D eigenvalue weighted by Crippen LogP contribution is -2.52. The molecule has 4 aromatic carbocycles. The maximum absolute atomic E-state index is 14.0. The molecular weight excluding hydrogens is 1230 g/mol. The summed E-state index contributed by atoms with van der Waals surface area (Å²) in [6.45, 7) is 0. The number of rotatable bonds is 12. The van der Waals surface area contributed by atoms with Crippen LogP contribution in [0.1, 0.15) is 156 Å². The number of hydrogen-bond acceptors (Lipinski definition) is 15. The Bertz CT molecular complexity index is 5120. The van der Waals surface area contributed by atoms with E-state index in [0.717, 1.165) is 112 Å². The van der Waals surface area contributed by atoms with Crippen molar-refractivity contribution >= 4 is 73.6 Å². The highest BCUT2D eigenvalue weighted by atomic mass is 16.4. The van der Waals surface area contributed by atoms with Crippen LogP contribution in [0.15, 0.2) is 163 Å². The van der Waals surface area contributed by atoms with E-state index in [4.69, 9.17) is 41.3 Å². The molecule has 9 heterocycles. The van der Waals surface area contributed by atoms with Crippen LogP contribution in [0.25, 0.3) is 78.1 Å². The minimum absolute atomic E-state index is 0.0261. The number of fused-ring (bicyclic) bond motifs is 4. The molecule has 17 rings (SSSR count). The normalized spacial score (nSPS) is 15.7. The second-order valence-electron chi connectivity index (χ2n) is 26.4. The zero-order valence-corrected chi connectivity index (χ0v) is 55.1. The van der Waals surface area contributed by atoms with E-state index in [1.165, 1.54) is 73.3 Å². The molecule has 9 aromatic heterocycles. The Kier molecular flexibility index (Phi) is 16.4. The predicted octanol–water partition coefficient (Wildman–Crippen LogP) is 11.8. The van der Waals surface area contributed by atoms with E-state index in [-0.39, 0.29) is 23.7 Å². The minimum Gasteiger partial charge on any atom is -0.404 e. The van der Waals surface area contributed by atoms with E-state index >= 15 is 0 Å². The van der Waals surface area contributed by atoms with E-state index in [2.05, 4.69) is 88.3 Å². The third-order valence-corrected chi connectivity index (χ3v) is 20.7. The average Bonchev–Trinajstić information content (AvgIpc) is 1.60. The molecule has 4 fully saturated rings. The Morgan fingerprint density at radius 2 is 0.990 bits per heavy atom. The van der Waals surface area contributed by atoms with Gasteiger partial charge in [0.1, 0.15) is 24.3 Å². The maximum Gasteiger partial charge on any atom is 0.313 e. The molecule has 0 bridgehead atoms. The van der Waals surface area contributed by atoms with Crippen molar-refractivity contribution in [1.82, 2.24) is 83.6 Å². The second kappa shape index (κ2) is 25.6. The van der Waals surface area contributed by atoms with Crippen LogP contribution in [0.3, 0.4) is 0 Å². The Labute approximate surface area is 564 Å². The molecule has 3 amide bonds. The summed E-state index contributed by atoms with van der Waals surface area (Å²) in [5.41, 5.74) is 21.6. The lowest BCUT2D eigenvalue weighted by atomic mass is 9.75. The molecule has 98 heavy (non-hydrogen) atoms. The van der Waals surface area contributed by atoms with E-state index in [1.54, 1.807) is 58.7 Å². The molecule has 0 atom stereocenters. The summed E-state index contributed by atoms with van der Waals surface area (Å²) >= 11 is 0. The van der Waals surface area contributed by atoms with Gasteiger partial charge in [0.15, 0.2) is 0 Å². The number of nitrogens with one attached hydrogen (secondary N) is 4. The summed E-state index contributed by atoms with van der Waals surface area (Å²) < 4.78 is 17.1. The van der Waals surface area contributed by atoms with Gasteiger partial charge in [0.25, 0.3) is 17.7 Å². The van der Waals surface area contributed by atoms with Crippen LogP contribution in [-0.2, 0) is 39.3 Å². The molecule has 0 spiro atoms. The molecule has 4 aliphatic carbocycles. The molecular formula is C74H76N20O4. The number of aromatic nitrogens is 14. The van der Waals surface area contributed by atoms with Crippen molar-refractivity contribution in [2.24, 2.45) is 34.0 Å². The van der Waals surface area contributed by atoms with Crippen molar-refractivity contribution < 1.29 is 18.8 Å². The van der Waals surface area contributed by atoms with Gasteiger partial charge in [0, 0.05) is 109 Å². The number of carbonyl (C=O) groups is 3. The highest BCUT2D eigenvalue weighted by Gasteiger charge is 2.46. The number of nitrogens with zero attached hydrogens (tertiary/aromatic N) is 14. The minimum atomic E-state index is -0.571. The smallest absolute Gasteiger partial charge is 0.313 e. The quantitative estimate of drug-likeness (QED) is 0.0218. The van der Waals surface area contributed by atoms with E-state index in [0.29, 0.717) is 40.4 Å². The average molecular weight is 1310 g/mol. The van der Waals surface area contributed by atoms with Crippen LogP contribution in [0.5, 0.6) is 0 Å². The van der Waals surface area contributed by atoms with Crippen LogP contribution < -0.4 is 27.6 Å². The fourth-order valence-electron chi connectivity index (χ4n) is 15.4. The number of aryl methyl sites for hydroxylation is 4.